The standard InChI is InChI=1S/C18H13F5O5.CH5N/c1-8-11-4-3-10(7-13(11)27-15(8)16(24)25)26-12-5-2-9(18(21,22)23)6-14(12)28-17(19)20;1-2/h2-8,15,17H,1H3,(H,24,25);2H2,1H3. The number of ether oxygens (including phenoxy) is 3. The van der Waals surface area contributed by atoms with Crippen LogP contribution in [-0.4, -0.2) is 30.8 Å². The first-order valence-electron chi connectivity index (χ1n) is 8.51. The molecule has 0 amide bonds. The summed E-state index contributed by atoms with van der Waals surface area (Å²) in [5, 5.41) is 9.14. The number of carboxylic acids is 1. The van der Waals surface area contributed by atoms with Crippen LogP contribution in [0.3, 0.4) is 0 Å². The van der Waals surface area contributed by atoms with Crippen LogP contribution in [0.2, 0.25) is 0 Å². The molecule has 1 aliphatic heterocycles. The molecule has 3 N–H and O–H groups in total. The Morgan fingerprint density at radius 1 is 1.13 bits per heavy atom. The Morgan fingerprint density at radius 3 is 2.37 bits per heavy atom. The predicted molar refractivity (Wildman–Crippen MR) is 95.2 cm³/mol. The van der Waals surface area contributed by atoms with Crippen molar-refractivity contribution in [3.8, 4) is 23.0 Å². The zero-order chi connectivity index (χ0) is 22.6. The summed E-state index contributed by atoms with van der Waals surface area (Å²) in [6.45, 7) is -1.69. The van der Waals surface area contributed by atoms with E-state index in [1.165, 1.54) is 25.2 Å². The van der Waals surface area contributed by atoms with Gasteiger partial charge in [-0.25, -0.2) is 4.79 Å². The summed E-state index contributed by atoms with van der Waals surface area (Å²) in [6.07, 6.45) is -5.84. The van der Waals surface area contributed by atoms with Crippen molar-refractivity contribution in [3.63, 3.8) is 0 Å². The van der Waals surface area contributed by atoms with E-state index in [0.29, 0.717) is 17.7 Å². The van der Waals surface area contributed by atoms with E-state index < -0.39 is 42.1 Å². The monoisotopic (exact) mass is 435 g/mol. The van der Waals surface area contributed by atoms with Gasteiger partial charge in [0.2, 0.25) is 6.10 Å². The van der Waals surface area contributed by atoms with Crippen LogP contribution in [0.25, 0.3) is 0 Å². The zero-order valence-electron chi connectivity index (χ0n) is 15.7. The van der Waals surface area contributed by atoms with E-state index in [1.807, 2.05) is 0 Å². The first-order valence-corrected chi connectivity index (χ1v) is 8.51. The van der Waals surface area contributed by atoms with Gasteiger partial charge in [-0.15, -0.1) is 0 Å². The Morgan fingerprint density at radius 2 is 1.80 bits per heavy atom. The fourth-order valence-electron chi connectivity index (χ4n) is 2.81. The summed E-state index contributed by atoms with van der Waals surface area (Å²) in [4.78, 5) is 11.2. The van der Waals surface area contributed by atoms with Gasteiger partial charge in [0.15, 0.2) is 11.5 Å². The summed E-state index contributed by atoms with van der Waals surface area (Å²) in [5.41, 5.74) is 3.93. The van der Waals surface area contributed by atoms with Gasteiger partial charge >= 0.3 is 18.8 Å². The minimum atomic E-state index is -4.75. The molecule has 2 atom stereocenters. The van der Waals surface area contributed by atoms with Crippen molar-refractivity contribution in [2.75, 3.05) is 7.05 Å². The highest BCUT2D eigenvalue weighted by atomic mass is 19.4. The van der Waals surface area contributed by atoms with Gasteiger partial charge in [0.25, 0.3) is 0 Å². The topological polar surface area (TPSA) is 91.0 Å². The van der Waals surface area contributed by atoms with E-state index in [4.69, 9.17) is 14.6 Å². The summed E-state index contributed by atoms with van der Waals surface area (Å²) < 4.78 is 78.4. The Labute approximate surface area is 168 Å². The van der Waals surface area contributed by atoms with Crippen molar-refractivity contribution in [3.05, 3.63) is 47.5 Å². The number of fused-ring (bicyclic) bond motifs is 1. The first kappa shape index (κ1) is 23.2. The SMILES string of the molecule is CC1c2ccc(Oc3ccc(C(F)(F)F)cc3OC(F)F)cc2OC1C(=O)O.CN. The molecule has 1 heterocycles. The number of benzene rings is 2. The summed E-state index contributed by atoms with van der Waals surface area (Å²) in [6, 6.07) is 6.23. The summed E-state index contributed by atoms with van der Waals surface area (Å²) in [7, 11) is 1.50. The molecule has 0 saturated heterocycles. The maximum absolute atomic E-state index is 12.8. The van der Waals surface area contributed by atoms with E-state index in [1.54, 1.807) is 6.92 Å². The van der Waals surface area contributed by atoms with Crippen LogP contribution in [0.15, 0.2) is 36.4 Å². The molecule has 0 aromatic heterocycles. The number of rotatable bonds is 5. The molecule has 1 aliphatic rings. The lowest BCUT2D eigenvalue weighted by atomic mass is 9.98. The van der Waals surface area contributed by atoms with Gasteiger partial charge in [-0.3, -0.25) is 0 Å². The number of hydrogen-bond acceptors (Lipinski definition) is 5. The molecule has 2 aromatic rings. The third-order valence-corrected chi connectivity index (χ3v) is 4.14. The molecule has 11 heteroatoms. The molecule has 2 unspecified atom stereocenters. The normalized spacial score (nSPS) is 17.5. The lowest BCUT2D eigenvalue weighted by molar-refractivity contribution is -0.145. The quantitative estimate of drug-likeness (QED) is 0.666. The summed E-state index contributed by atoms with van der Waals surface area (Å²) in [5.74, 6) is -2.46. The molecule has 164 valence electrons. The Kier molecular flexibility index (Phi) is 7.08. The van der Waals surface area contributed by atoms with Crippen LogP contribution in [0.1, 0.15) is 24.0 Å². The molecule has 0 fully saturated rings. The van der Waals surface area contributed by atoms with Crippen LogP contribution in [0, 0.1) is 0 Å². The molecular formula is C19H18F5NO5. The van der Waals surface area contributed by atoms with E-state index in [0.717, 1.165) is 6.07 Å². The van der Waals surface area contributed by atoms with Gasteiger partial charge in [-0.05, 0) is 31.3 Å². The lowest BCUT2D eigenvalue weighted by Gasteiger charge is -2.15. The minimum Gasteiger partial charge on any atom is -0.478 e. The number of carbonyl (C=O) groups is 1. The average molecular weight is 435 g/mol. The second-order valence-electron chi connectivity index (χ2n) is 6.00. The van der Waals surface area contributed by atoms with Crippen molar-refractivity contribution < 1.29 is 46.1 Å². The Bertz CT molecular complexity index is 903. The van der Waals surface area contributed by atoms with Gasteiger partial charge < -0.3 is 25.1 Å². The van der Waals surface area contributed by atoms with Gasteiger partial charge in [0.05, 0.1) is 5.56 Å². The molecule has 0 saturated carbocycles. The third kappa shape index (κ3) is 5.09. The second kappa shape index (κ2) is 9.16. The van der Waals surface area contributed by atoms with Gasteiger partial charge in [0, 0.05) is 17.5 Å². The second-order valence-corrected chi connectivity index (χ2v) is 6.00. The largest absolute Gasteiger partial charge is 0.478 e. The third-order valence-electron chi connectivity index (χ3n) is 4.14. The van der Waals surface area contributed by atoms with Gasteiger partial charge in [-0.1, -0.05) is 13.0 Å². The minimum absolute atomic E-state index is 0.0517. The molecule has 6 nitrogen and oxygen atoms in total. The van der Waals surface area contributed by atoms with Gasteiger partial charge in [0.1, 0.15) is 11.5 Å². The average Bonchev–Trinajstić information content (AvgIpc) is 3.00. The number of aliphatic carboxylic acids is 1. The number of alkyl halides is 5. The lowest BCUT2D eigenvalue weighted by Crippen LogP contribution is -2.27. The van der Waals surface area contributed by atoms with E-state index in [9.17, 15) is 26.7 Å². The highest BCUT2D eigenvalue weighted by Crippen LogP contribution is 2.43. The fourth-order valence-corrected chi connectivity index (χ4v) is 2.81. The smallest absolute Gasteiger partial charge is 0.416 e. The van der Waals surface area contributed by atoms with E-state index >= 15 is 0 Å². The molecule has 3 rings (SSSR count). The van der Waals surface area contributed by atoms with Gasteiger partial charge in [-0.2, -0.15) is 22.0 Å². The Hall–Kier alpha value is -3.08. The molecular weight excluding hydrogens is 417 g/mol. The van der Waals surface area contributed by atoms with Crippen LogP contribution in [-0.2, 0) is 11.0 Å². The van der Waals surface area contributed by atoms with Crippen molar-refractivity contribution in [2.24, 2.45) is 5.73 Å². The Balaban J connectivity index is 0.00000155. The number of nitrogens with two attached hydrogens (primary N) is 1. The maximum Gasteiger partial charge on any atom is 0.416 e. The zero-order valence-corrected chi connectivity index (χ0v) is 15.7. The van der Waals surface area contributed by atoms with Crippen molar-refractivity contribution in [1.29, 1.82) is 0 Å². The van der Waals surface area contributed by atoms with Crippen molar-refractivity contribution >= 4 is 5.97 Å². The molecule has 2 aromatic carbocycles. The summed E-state index contributed by atoms with van der Waals surface area (Å²) >= 11 is 0. The molecule has 0 aliphatic carbocycles. The highest BCUT2D eigenvalue weighted by molar-refractivity contribution is 5.76. The van der Waals surface area contributed by atoms with Crippen molar-refractivity contribution in [1.82, 2.24) is 0 Å². The highest BCUT2D eigenvalue weighted by Gasteiger charge is 2.36. The molecule has 0 radical (unpaired) electrons. The molecule has 30 heavy (non-hydrogen) atoms. The van der Waals surface area contributed by atoms with E-state index in [-0.39, 0.29) is 17.2 Å². The number of carboxylic acid groups (broad SMARTS) is 1. The van der Waals surface area contributed by atoms with Crippen LogP contribution >= 0.6 is 0 Å². The maximum atomic E-state index is 12.8. The number of halogens is 5. The molecule has 0 spiro atoms. The van der Waals surface area contributed by atoms with Crippen LogP contribution in [0.4, 0.5) is 22.0 Å². The fraction of sp³-hybridized carbons (Fsp3) is 0.316. The van der Waals surface area contributed by atoms with Crippen LogP contribution in [0.5, 0.6) is 23.0 Å². The van der Waals surface area contributed by atoms with E-state index in [2.05, 4.69) is 10.5 Å². The van der Waals surface area contributed by atoms with Crippen LogP contribution < -0.4 is 19.9 Å². The molecule has 0 bridgehead atoms. The van der Waals surface area contributed by atoms with Crippen molar-refractivity contribution in [2.45, 2.75) is 31.7 Å². The number of hydrogen-bond donors (Lipinski definition) is 2. The predicted octanol–water partition coefficient (Wildman–Crippen LogP) is 4.62. The first-order chi connectivity index (χ1) is 14.1.